The third kappa shape index (κ3) is 2.26. The molecular formula is C8H11BrN2. The van der Waals surface area contributed by atoms with Gasteiger partial charge in [-0.2, -0.15) is 0 Å². The standard InChI is InChI=1S/C8H11BrN2/c1-8(2,3)6-4-10-5-7(9)11-6/h4-5H,1-3H3/i1D3,2D3,3D3,4D,5D. The van der Waals surface area contributed by atoms with Crippen LogP contribution in [0.4, 0.5) is 0 Å². The smallest absolute Gasteiger partial charge is 0.124 e. The molecule has 0 aliphatic carbocycles. The van der Waals surface area contributed by atoms with E-state index in [1.54, 1.807) is 0 Å². The van der Waals surface area contributed by atoms with Crippen LogP contribution in [0, 0.1) is 0 Å². The quantitative estimate of drug-likeness (QED) is 0.679. The van der Waals surface area contributed by atoms with E-state index >= 15 is 0 Å². The van der Waals surface area contributed by atoms with E-state index in [9.17, 15) is 0 Å². The summed E-state index contributed by atoms with van der Waals surface area (Å²) in [6.07, 6.45) is -1.51. The minimum Gasteiger partial charge on any atom is -0.260 e. The Bertz CT molecular complexity index is 537. The molecule has 2 nitrogen and oxygen atoms in total. The van der Waals surface area contributed by atoms with Crippen LogP contribution in [-0.4, -0.2) is 9.97 Å². The van der Waals surface area contributed by atoms with Gasteiger partial charge in [-0.05, 0) is 15.9 Å². The van der Waals surface area contributed by atoms with Gasteiger partial charge >= 0.3 is 0 Å². The van der Waals surface area contributed by atoms with Crippen molar-refractivity contribution in [2.75, 3.05) is 0 Å². The first-order valence-electron chi connectivity index (χ1n) is 8.08. The highest BCUT2D eigenvalue weighted by Gasteiger charge is 2.15. The maximum absolute atomic E-state index is 7.64. The molecule has 0 saturated carbocycles. The van der Waals surface area contributed by atoms with Crippen LogP contribution in [-0.2, 0) is 5.41 Å². The molecule has 0 aromatic carbocycles. The second-order valence-corrected chi connectivity index (χ2v) is 2.59. The third-order valence-electron chi connectivity index (χ3n) is 0.875. The highest BCUT2D eigenvalue weighted by Crippen LogP contribution is 2.19. The van der Waals surface area contributed by atoms with Gasteiger partial charge in [-0.15, -0.1) is 0 Å². The van der Waals surface area contributed by atoms with E-state index in [-0.39, 0.29) is 4.60 Å². The van der Waals surface area contributed by atoms with E-state index in [0.717, 1.165) is 0 Å². The summed E-state index contributed by atoms with van der Waals surface area (Å²) < 4.78 is 82.2. The average Bonchev–Trinajstić information content (AvgIpc) is 2.19. The molecule has 0 radical (unpaired) electrons. The molecule has 1 rings (SSSR count). The largest absolute Gasteiger partial charge is 0.260 e. The lowest BCUT2D eigenvalue weighted by Crippen LogP contribution is -2.13. The molecule has 1 heterocycles. The van der Waals surface area contributed by atoms with Crippen LogP contribution >= 0.6 is 15.9 Å². The van der Waals surface area contributed by atoms with Crippen molar-refractivity contribution in [1.82, 2.24) is 9.97 Å². The fourth-order valence-electron chi connectivity index (χ4n) is 0.443. The highest BCUT2D eigenvalue weighted by molar-refractivity contribution is 9.10. The van der Waals surface area contributed by atoms with Crippen LogP contribution in [0.5, 0.6) is 0 Å². The maximum Gasteiger partial charge on any atom is 0.124 e. The number of hydrogen-bond acceptors (Lipinski definition) is 2. The summed E-state index contributed by atoms with van der Waals surface area (Å²) in [7, 11) is 0. The molecule has 0 bridgehead atoms. The molecule has 0 spiro atoms. The Kier molecular flexibility index (Phi) is 0.546. The van der Waals surface area contributed by atoms with Gasteiger partial charge in [-0.25, -0.2) is 4.98 Å². The molecule has 0 atom stereocenters. The molecule has 0 saturated heterocycles. The first kappa shape index (κ1) is 2.08. The first-order valence-corrected chi connectivity index (χ1v) is 3.38. The van der Waals surface area contributed by atoms with E-state index < -0.39 is 44.0 Å². The fraction of sp³-hybridized carbons (Fsp3) is 0.500. The molecule has 1 aromatic heterocycles. The van der Waals surface area contributed by atoms with Gasteiger partial charge in [0.15, 0.2) is 0 Å². The molecular weight excluding hydrogens is 204 g/mol. The maximum atomic E-state index is 7.64. The SMILES string of the molecule is [2H]c1nc([2H])c(C(C([2H])([2H])[2H])(C([2H])([2H])[2H])C([2H])([2H])[2H])nc1Br. The molecule has 11 heavy (non-hydrogen) atoms. The minimum atomic E-state index is -3.52. The summed E-state index contributed by atoms with van der Waals surface area (Å²) in [4.78, 5) is 6.90. The lowest BCUT2D eigenvalue weighted by atomic mass is 9.93. The Hall–Kier alpha value is -0.440. The van der Waals surface area contributed by atoms with E-state index in [0.29, 0.717) is 0 Å². The van der Waals surface area contributed by atoms with Gasteiger partial charge in [0.2, 0.25) is 0 Å². The molecule has 60 valence electrons. The van der Waals surface area contributed by atoms with Crippen molar-refractivity contribution in [2.24, 2.45) is 0 Å². The lowest BCUT2D eigenvalue weighted by molar-refractivity contribution is 0.564. The highest BCUT2D eigenvalue weighted by atomic mass is 79.9. The number of rotatable bonds is 0. The van der Waals surface area contributed by atoms with Crippen LogP contribution < -0.4 is 0 Å². The normalized spacial score (nSPS) is 29.7. The van der Waals surface area contributed by atoms with Crippen molar-refractivity contribution in [3.63, 3.8) is 0 Å². The number of hydrogen-bond donors (Lipinski definition) is 0. The minimum absolute atomic E-state index is 0.347. The molecule has 0 fully saturated rings. The van der Waals surface area contributed by atoms with Crippen LogP contribution in [0.3, 0.4) is 0 Å². The predicted octanol–water partition coefficient (Wildman–Crippen LogP) is 2.54. The molecule has 0 unspecified atom stereocenters. The Labute approximate surface area is 90.7 Å². The monoisotopic (exact) mass is 225 g/mol. The van der Waals surface area contributed by atoms with E-state index in [1.165, 1.54) is 0 Å². The number of nitrogens with zero attached hydrogens (tertiary/aromatic N) is 2. The third-order valence-corrected chi connectivity index (χ3v) is 1.23. The van der Waals surface area contributed by atoms with Gasteiger partial charge in [0.05, 0.1) is 14.6 Å². The van der Waals surface area contributed by atoms with Crippen molar-refractivity contribution < 1.29 is 15.1 Å². The summed E-state index contributed by atoms with van der Waals surface area (Å²) in [5, 5.41) is 0. The molecule has 0 aliphatic heterocycles. The van der Waals surface area contributed by atoms with Crippen molar-refractivity contribution >= 4 is 15.9 Å². The second kappa shape index (κ2) is 2.89. The van der Waals surface area contributed by atoms with Crippen molar-refractivity contribution in [3.05, 3.63) is 22.6 Å². The first-order chi connectivity index (χ1) is 9.57. The van der Waals surface area contributed by atoms with Gasteiger partial charge in [0.1, 0.15) is 4.60 Å². The second-order valence-electron chi connectivity index (χ2n) is 1.84. The molecule has 0 amide bonds. The zero-order valence-corrected chi connectivity index (χ0v) is 6.86. The number of halogens is 1. The zero-order chi connectivity index (χ0) is 17.7. The van der Waals surface area contributed by atoms with Gasteiger partial charge in [0.25, 0.3) is 0 Å². The summed E-state index contributed by atoms with van der Waals surface area (Å²) in [6.45, 7) is -10.6. The summed E-state index contributed by atoms with van der Waals surface area (Å²) >= 11 is 2.78. The van der Waals surface area contributed by atoms with Crippen molar-refractivity contribution in [3.8, 4) is 0 Å². The van der Waals surface area contributed by atoms with Gasteiger partial charge in [0, 0.05) is 23.9 Å². The van der Waals surface area contributed by atoms with E-state index in [2.05, 4.69) is 25.9 Å². The predicted molar refractivity (Wildman–Crippen MR) is 48.4 cm³/mol. The average molecular weight is 226 g/mol. The molecule has 3 heteroatoms. The Morgan fingerprint density at radius 3 is 2.91 bits per heavy atom. The van der Waals surface area contributed by atoms with Crippen LogP contribution in [0.1, 0.15) is 41.3 Å². The van der Waals surface area contributed by atoms with E-state index in [4.69, 9.17) is 15.1 Å². The zero-order valence-electron chi connectivity index (χ0n) is 16.3. The fourth-order valence-corrected chi connectivity index (χ4v) is 0.709. The molecule has 0 N–H and O–H groups in total. The Morgan fingerprint density at radius 2 is 2.27 bits per heavy atom. The van der Waals surface area contributed by atoms with E-state index in [1.807, 2.05) is 0 Å². The summed E-state index contributed by atoms with van der Waals surface area (Å²) in [5.74, 6) is 0. The van der Waals surface area contributed by atoms with Crippen LogP contribution in [0.2, 0.25) is 0 Å². The van der Waals surface area contributed by atoms with Crippen LogP contribution in [0.15, 0.2) is 16.9 Å². The van der Waals surface area contributed by atoms with Crippen molar-refractivity contribution in [2.45, 2.75) is 26.0 Å². The number of aromatic nitrogens is 2. The summed E-state index contributed by atoms with van der Waals surface area (Å²) in [6, 6.07) is 0. The van der Waals surface area contributed by atoms with Gasteiger partial charge in [-0.1, -0.05) is 20.6 Å². The molecule has 0 aliphatic rings. The van der Waals surface area contributed by atoms with Crippen LogP contribution in [0.25, 0.3) is 0 Å². The molecule has 1 aromatic rings. The lowest BCUT2D eigenvalue weighted by Gasteiger charge is -2.16. The van der Waals surface area contributed by atoms with Gasteiger partial charge in [-0.3, -0.25) is 4.98 Å². The Balaban J connectivity index is 4.00. The summed E-state index contributed by atoms with van der Waals surface area (Å²) in [5.41, 5.74) is -4.41. The van der Waals surface area contributed by atoms with Gasteiger partial charge < -0.3 is 0 Å². The topological polar surface area (TPSA) is 25.8 Å². The Morgan fingerprint density at radius 1 is 1.55 bits per heavy atom. The van der Waals surface area contributed by atoms with Crippen molar-refractivity contribution in [1.29, 1.82) is 0 Å².